The summed E-state index contributed by atoms with van der Waals surface area (Å²) in [7, 11) is 0. The number of hydrogen-bond acceptors (Lipinski definition) is 4. The highest BCUT2D eigenvalue weighted by Gasteiger charge is 2.40. The predicted octanol–water partition coefficient (Wildman–Crippen LogP) is 5.88. The summed E-state index contributed by atoms with van der Waals surface area (Å²) >= 11 is 4.11. The van der Waals surface area contributed by atoms with Crippen LogP contribution in [0.3, 0.4) is 0 Å². The Balaban J connectivity index is 1.49. The molecule has 0 aromatic heterocycles. The highest BCUT2D eigenvalue weighted by molar-refractivity contribution is 8.21. The average molecular weight is 375 g/mol. The molecule has 1 fully saturated rings. The molecule has 3 rings (SSSR count). The SMILES string of the molecule is Cc1ccc(OCCOc2ccc(C3(C)SC(C)C(C)S3)cc2)cc1. The lowest BCUT2D eigenvalue weighted by Gasteiger charge is -2.23. The van der Waals surface area contributed by atoms with Crippen LogP contribution in [0.5, 0.6) is 11.5 Å². The molecule has 134 valence electrons. The Morgan fingerprint density at radius 1 is 0.800 bits per heavy atom. The van der Waals surface area contributed by atoms with E-state index in [-0.39, 0.29) is 4.08 Å². The van der Waals surface area contributed by atoms with Crippen LogP contribution in [0, 0.1) is 6.92 Å². The Morgan fingerprint density at radius 3 is 1.72 bits per heavy atom. The quantitative estimate of drug-likeness (QED) is 0.587. The summed E-state index contributed by atoms with van der Waals surface area (Å²) < 4.78 is 11.6. The molecular formula is C21H26O2S2. The molecule has 0 saturated carbocycles. The van der Waals surface area contributed by atoms with Crippen molar-refractivity contribution in [2.75, 3.05) is 13.2 Å². The fraction of sp³-hybridized carbons (Fsp3) is 0.429. The van der Waals surface area contributed by atoms with Crippen LogP contribution in [0.4, 0.5) is 0 Å². The van der Waals surface area contributed by atoms with E-state index in [0.717, 1.165) is 11.5 Å². The minimum absolute atomic E-state index is 0.145. The normalized spacial score (nSPS) is 25.8. The topological polar surface area (TPSA) is 18.5 Å². The summed E-state index contributed by atoms with van der Waals surface area (Å²) in [6.45, 7) is 10.1. The maximum Gasteiger partial charge on any atom is 0.122 e. The van der Waals surface area contributed by atoms with E-state index in [1.165, 1.54) is 11.1 Å². The Bertz CT molecular complexity index is 672. The second kappa shape index (κ2) is 7.96. The molecule has 2 atom stereocenters. The summed E-state index contributed by atoms with van der Waals surface area (Å²) in [5, 5.41) is 1.37. The number of ether oxygens (including phenoxy) is 2. The van der Waals surface area contributed by atoms with Crippen LogP contribution in [0.1, 0.15) is 31.9 Å². The molecule has 0 N–H and O–H groups in total. The molecular weight excluding hydrogens is 348 g/mol. The Labute approximate surface area is 159 Å². The highest BCUT2D eigenvalue weighted by Crippen LogP contribution is 2.58. The molecule has 2 aromatic rings. The van der Waals surface area contributed by atoms with Crippen molar-refractivity contribution in [1.82, 2.24) is 0 Å². The molecule has 0 spiro atoms. The van der Waals surface area contributed by atoms with Crippen molar-refractivity contribution < 1.29 is 9.47 Å². The van der Waals surface area contributed by atoms with Crippen LogP contribution in [-0.2, 0) is 4.08 Å². The first-order chi connectivity index (χ1) is 12.0. The molecule has 0 bridgehead atoms. The van der Waals surface area contributed by atoms with Crippen LogP contribution in [-0.4, -0.2) is 23.7 Å². The zero-order chi connectivity index (χ0) is 17.9. The van der Waals surface area contributed by atoms with Crippen molar-refractivity contribution in [2.45, 2.75) is 42.3 Å². The summed E-state index contributed by atoms with van der Waals surface area (Å²) in [5.74, 6) is 1.78. The van der Waals surface area contributed by atoms with E-state index >= 15 is 0 Å². The van der Waals surface area contributed by atoms with Crippen LogP contribution in [0.2, 0.25) is 0 Å². The van der Waals surface area contributed by atoms with E-state index in [9.17, 15) is 0 Å². The molecule has 0 aliphatic carbocycles. The smallest absolute Gasteiger partial charge is 0.122 e. The van der Waals surface area contributed by atoms with Gasteiger partial charge in [0.1, 0.15) is 24.7 Å². The Morgan fingerprint density at radius 2 is 1.24 bits per heavy atom. The van der Waals surface area contributed by atoms with Crippen LogP contribution in [0.25, 0.3) is 0 Å². The maximum atomic E-state index is 5.81. The van der Waals surface area contributed by atoms with E-state index in [1.807, 2.05) is 12.1 Å². The van der Waals surface area contributed by atoms with Gasteiger partial charge in [-0.2, -0.15) is 0 Å². The molecule has 1 heterocycles. The number of benzene rings is 2. The lowest BCUT2D eigenvalue weighted by molar-refractivity contribution is 0.217. The van der Waals surface area contributed by atoms with Crippen molar-refractivity contribution in [1.29, 1.82) is 0 Å². The van der Waals surface area contributed by atoms with Gasteiger partial charge in [0.05, 0.1) is 4.08 Å². The molecule has 0 radical (unpaired) electrons. The first-order valence-corrected chi connectivity index (χ1v) is 10.5. The molecule has 1 aliphatic heterocycles. The molecule has 1 saturated heterocycles. The van der Waals surface area contributed by atoms with Gasteiger partial charge in [0, 0.05) is 10.5 Å². The fourth-order valence-corrected chi connectivity index (χ4v) is 6.69. The molecule has 4 heteroatoms. The minimum Gasteiger partial charge on any atom is -0.490 e. The van der Waals surface area contributed by atoms with Crippen molar-refractivity contribution in [3.63, 3.8) is 0 Å². The van der Waals surface area contributed by atoms with Crippen molar-refractivity contribution in [2.24, 2.45) is 0 Å². The van der Waals surface area contributed by atoms with Gasteiger partial charge in [-0.25, -0.2) is 0 Å². The molecule has 25 heavy (non-hydrogen) atoms. The first kappa shape index (κ1) is 18.5. The number of rotatable bonds is 6. The molecule has 2 nitrogen and oxygen atoms in total. The van der Waals surface area contributed by atoms with Crippen LogP contribution < -0.4 is 9.47 Å². The third-order valence-electron chi connectivity index (χ3n) is 4.50. The zero-order valence-corrected chi connectivity index (χ0v) is 17.0. The van der Waals surface area contributed by atoms with Gasteiger partial charge in [-0.05, 0) is 43.7 Å². The second-order valence-electron chi connectivity index (χ2n) is 6.63. The Kier molecular flexibility index (Phi) is 5.90. The lowest BCUT2D eigenvalue weighted by atomic mass is 10.1. The van der Waals surface area contributed by atoms with Crippen LogP contribution >= 0.6 is 23.5 Å². The van der Waals surface area contributed by atoms with Gasteiger partial charge in [0.25, 0.3) is 0 Å². The fourth-order valence-electron chi connectivity index (χ4n) is 2.87. The van der Waals surface area contributed by atoms with Gasteiger partial charge in [-0.3, -0.25) is 0 Å². The average Bonchev–Trinajstić information content (AvgIpc) is 2.87. The van der Waals surface area contributed by atoms with Gasteiger partial charge in [0.2, 0.25) is 0 Å². The number of aryl methyl sites for hydroxylation is 1. The van der Waals surface area contributed by atoms with E-state index < -0.39 is 0 Å². The van der Waals surface area contributed by atoms with E-state index in [4.69, 9.17) is 9.47 Å². The van der Waals surface area contributed by atoms with Gasteiger partial charge in [-0.15, -0.1) is 23.5 Å². The Hall–Kier alpha value is -1.26. The monoisotopic (exact) mass is 374 g/mol. The molecule has 1 aliphatic rings. The predicted molar refractivity (Wildman–Crippen MR) is 110 cm³/mol. The van der Waals surface area contributed by atoms with Crippen molar-refractivity contribution in [3.8, 4) is 11.5 Å². The molecule has 2 aromatic carbocycles. The third-order valence-corrected chi connectivity index (χ3v) is 8.18. The first-order valence-electron chi connectivity index (χ1n) is 8.75. The van der Waals surface area contributed by atoms with Gasteiger partial charge >= 0.3 is 0 Å². The van der Waals surface area contributed by atoms with Crippen molar-refractivity contribution >= 4 is 23.5 Å². The van der Waals surface area contributed by atoms with E-state index in [1.54, 1.807) is 0 Å². The van der Waals surface area contributed by atoms with Gasteiger partial charge < -0.3 is 9.47 Å². The summed E-state index contributed by atoms with van der Waals surface area (Å²) in [4.78, 5) is 0. The molecule has 0 amide bonds. The van der Waals surface area contributed by atoms with Crippen molar-refractivity contribution in [3.05, 3.63) is 59.7 Å². The minimum atomic E-state index is 0.145. The number of hydrogen-bond donors (Lipinski definition) is 0. The van der Waals surface area contributed by atoms with E-state index in [0.29, 0.717) is 23.7 Å². The zero-order valence-electron chi connectivity index (χ0n) is 15.3. The van der Waals surface area contributed by atoms with Gasteiger partial charge in [0.15, 0.2) is 0 Å². The highest BCUT2D eigenvalue weighted by atomic mass is 32.2. The third kappa shape index (κ3) is 4.68. The lowest BCUT2D eigenvalue weighted by Crippen LogP contribution is -2.10. The summed E-state index contributed by atoms with van der Waals surface area (Å²) in [6.07, 6.45) is 0. The van der Waals surface area contributed by atoms with Crippen LogP contribution in [0.15, 0.2) is 48.5 Å². The summed E-state index contributed by atoms with van der Waals surface area (Å²) in [6, 6.07) is 16.6. The second-order valence-corrected chi connectivity index (χ2v) is 10.5. The van der Waals surface area contributed by atoms with E-state index in [2.05, 4.69) is 87.6 Å². The standard InChI is InChI=1S/C21H26O2S2/c1-15-5-9-19(10-6-15)22-13-14-23-20-11-7-18(8-12-20)21(4)24-16(2)17(3)25-21/h5-12,16-17H,13-14H2,1-4H3. The van der Waals surface area contributed by atoms with Gasteiger partial charge in [-0.1, -0.05) is 43.7 Å². The largest absolute Gasteiger partial charge is 0.490 e. The molecule has 2 unspecified atom stereocenters. The maximum absolute atomic E-state index is 5.81. The summed E-state index contributed by atoms with van der Waals surface area (Å²) in [5.41, 5.74) is 2.60. The number of thioether (sulfide) groups is 2.